The molecule has 4 aromatic carbocycles. The second kappa shape index (κ2) is 11.9. The van der Waals surface area contributed by atoms with E-state index in [1.165, 1.54) is 60.7 Å². The number of ether oxygens (including phenoxy) is 1. The number of hydrogen-bond donors (Lipinski definition) is 0. The molecule has 4 rings (SSSR count). The number of hydrogen-bond acceptors (Lipinski definition) is 1. The predicted molar refractivity (Wildman–Crippen MR) is 120 cm³/mol. The van der Waals surface area contributed by atoms with Crippen molar-refractivity contribution in [2.45, 2.75) is 6.61 Å². The van der Waals surface area contributed by atoms with Gasteiger partial charge < -0.3 is 4.74 Å². The highest BCUT2D eigenvalue weighted by Crippen LogP contribution is 2.28. The van der Waals surface area contributed by atoms with E-state index in [1.807, 2.05) is 0 Å². The van der Waals surface area contributed by atoms with E-state index in [0.29, 0.717) is 33.6 Å². The molecule has 0 radical (unpaired) electrons. The topological polar surface area (TPSA) is 9.23 Å². The van der Waals surface area contributed by atoms with Crippen molar-refractivity contribution in [3.8, 4) is 28.0 Å². The smallest absolute Gasteiger partial charge is 0.134 e. The maximum absolute atomic E-state index is 14.5. The van der Waals surface area contributed by atoms with Crippen LogP contribution in [0.3, 0.4) is 0 Å². The molecule has 0 fully saturated rings. The largest absolute Gasteiger partial charge is 0.489 e. The van der Waals surface area contributed by atoms with Crippen molar-refractivity contribution in [2.75, 3.05) is 13.3 Å². The van der Waals surface area contributed by atoms with Crippen LogP contribution >= 0.6 is 0 Å². The summed E-state index contributed by atoms with van der Waals surface area (Å²) in [5.74, 6) is -1.45. The lowest BCUT2D eigenvalue weighted by molar-refractivity contribution is 0.304. The molecule has 0 aliphatic carbocycles. The van der Waals surface area contributed by atoms with E-state index >= 15 is 0 Å². The number of halogens is 6. The Labute approximate surface area is 193 Å². The molecular formula is C27H20F6O. The maximum Gasteiger partial charge on any atom is 0.134 e. The van der Waals surface area contributed by atoms with E-state index < -0.39 is 30.8 Å². The molecule has 0 amide bonds. The zero-order valence-electron chi connectivity index (χ0n) is 17.9. The quantitative estimate of drug-likeness (QED) is 0.257. The Morgan fingerprint density at radius 3 is 1.44 bits per heavy atom. The third-order valence-corrected chi connectivity index (χ3v) is 4.76. The standard InChI is InChI=1S/C25H16F4O.C2H4F2/c26-19-6-2-17(3-7-19)22-11-1-16(13-24(22)28)15-30-21-10-12-23(25(29)14-21)18-4-8-20(27)9-5-18;3-1-2-4/h1-14H,15H2;1-2H2. The molecule has 0 unspecified atom stereocenters. The van der Waals surface area contributed by atoms with E-state index in [1.54, 1.807) is 24.3 Å². The molecule has 7 heteroatoms. The minimum atomic E-state index is -0.847. The van der Waals surface area contributed by atoms with Gasteiger partial charge in [-0.25, -0.2) is 26.3 Å². The van der Waals surface area contributed by atoms with Crippen LogP contribution in [0.5, 0.6) is 5.75 Å². The summed E-state index contributed by atoms with van der Waals surface area (Å²) in [6.45, 7) is -1.64. The molecule has 4 aromatic rings. The van der Waals surface area contributed by atoms with Crippen LogP contribution in [0.1, 0.15) is 5.56 Å². The SMILES string of the molecule is FCCF.Fc1ccc(-c2ccc(COc3ccc(-c4ccc(F)cc4)c(F)c3)cc2F)cc1. The number of rotatable bonds is 6. The van der Waals surface area contributed by atoms with E-state index in [9.17, 15) is 26.3 Å². The summed E-state index contributed by atoms with van der Waals surface area (Å²) in [6.07, 6.45) is 0. The molecule has 34 heavy (non-hydrogen) atoms. The first-order valence-electron chi connectivity index (χ1n) is 10.3. The average Bonchev–Trinajstić information content (AvgIpc) is 2.84. The molecule has 1 nitrogen and oxygen atoms in total. The van der Waals surface area contributed by atoms with Crippen LogP contribution in [0.2, 0.25) is 0 Å². The fourth-order valence-corrected chi connectivity index (χ4v) is 3.13. The van der Waals surface area contributed by atoms with E-state index in [0.717, 1.165) is 0 Å². The van der Waals surface area contributed by atoms with E-state index in [2.05, 4.69) is 0 Å². The molecule has 176 valence electrons. The summed E-state index contributed by atoms with van der Waals surface area (Å²) in [7, 11) is 0. The molecule has 0 aliphatic rings. The molecule has 0 spiro atoms. The van der Waals surface area contributed by atoms with Gasteiger partial charge in [0, 0.05) is 17.2 Å². The van der Waals surface area contributed by atoms with Gasteiger partial charge in [-0.2, -0.15) is 0 Å². The Balaban J connectivity index is 0.000000751. The lowest BCUT2D eigenvalue weighted by Gasteiger charge is -2.10. The van der Waals surface area contributed by atoms with Crippen LogP contribution in [0, 0.1) is 23.3 Å². The summed E-state index contributed by atoms with van der Waals surface area (Å²) in [5.41, 5.74) is 2.38. The third kappa shape index (κ3) is 6.63. The van der Waals surface area contributed by atoms with Crippen LogP contribution in [0.15, 0.2) is 84.9 Å². The highest BCUT2D eigenvalue weighted by Gasteiger charge is 2.09. The van der Waals surface area contributed by atoms with Crippen molar-refractivity contribution >= 4 is 0 Å². The molecule has 0 heterocycles. The first kappa shape index (κ1) is 24.9. The van der Waals surface area contributed by atoms with Crippen LogP contribution in [-0.2, 0) is 6.61 Å². The van der Waals surface area contributed by atoms with Crippen molar-refractivity contribution in [2.24, 2.45) is 0 Å². The number of alkyl halides is 2. The van der Waals surface area contributed by atoms with Crippen LogP contribution in [0.4, 0.5) is 26.3 Å². The Morgan fingerprint density at radius 1 is 0.529 bits per heavy atom. The van der Waals surface area contributed by atoms with Crippen molar-refractivity contribution in [1.82, 2.24) is 0 Å². The van der Waals surface area contributed by atoms with Gasteiger partial charge in [-0.3, -0.25) is 0 Å². The molecule has 0 aromatic heterocycles. The minimum Gasteiger partial charge on any atom is -0.489 e. The first-order chi connectivity index (χ1) is 16.4. The highest BCUT2D eigenvalue weighted by atomic mass is 19.2. The predicted octanol–water partition coefficient (Wildman–Crippen LogP) is 8.08. The summed E-state index contributed by atoms with van der Waals surface area (Å²) in [6, 6.07) is 20.1. The van der Waals surface area contributed by atoms with Gasteiger partial charge in [0.15, 0.2) is 0 Å². The van der Waals surface area contributed by atoms with Crippen molar-refractivity contribution in [3.63, 3.8) is 0 Å². The maximum atomic E-state index is 14.5. The van der Waals surface area contributed by atoms with Gasteiger partial charge in [0.25, 0.3) is 0 Å². The van der Waals surface area contributed by atoms with Crippen molar-refractivity contribution < 1.29 is 31.1 Å². The highest BCUT2D eigenvalue weighted by molar-refractivity contribution is 5.65. The summed E-state index contributed by atoms with van der Waals surface area (Å²) in [5, 5.41) is 0. The Hall–Kier alpha value is -3.74. The Bertz CT molecular complexity index is 1110. The van der Waals surface area contributed by atoms with E-state index in [4.69, 9.17) is 4.74 Å². The zero-order valence-corrected chi connectivity index (χ0v) is 17.9. The molecule has 0 N–H and O–H groups in total. The molecular weight excluding hydrogens is 454 g/mol. The first-order valence-corrected chi connectivity index (χ1v) is 10.3. The molecule has 0 saturated carbocycles. The van der Waals surface area contributed by atoms with Gasteiger partial charge in [-0.05, 0) is 59.2 Å². The van der Waals surface area contributed by atoms with Gasteiger partial charge in [-0.15, -0.1) is 0 Å². The van der Waals surface area contributed by atoms with Crippen molar-refractivity contribution in [1.29, 1.82) is 0 Å². The molecule has 0 atom stereocenters. The second-order valence-corrected chi connectivity index (χ2v) is 7.14. The monoisotopic (exact) mass is 474 g/mol. The average molecular weight is 474 g/mol. The van der Waals surface area contributed by atoms with E-state index in [-0.39, 0.29) is 12.4 Å². The van der Waals surface area contributed by atoms with Crippen LogP contribution < -0.4 is 4.74 Å². The Kier molecular flexibility index (Phi) is 8.73. The lowest BCUT2D eigenvalue weighted by atomic mass is 10.0. The van der Waals surface area contributed by atoms with Crippen LogP contribution in [0.25, 0.3) is 22.3 Å². The number of benzene rings is 4. The normalized spacial score (nSPS) is 10.4. The van der Waals surface area contributed by atoms with Crippen molar-refractivity contribution in [3.05, 3.63) is 114 Å². The summed E-state index contributed by atoms with van der Waals surface area (Å²) < 4.78 is 81.3. The van der Waals surface area contributed by atoms with Gasteiger partial charge in [0.05, 0.1) is 0 Å². The fraction of sp³-hybridized carbons (Fsp3) is 0.111. The summed E-state index contributed by atoms with van der Waals surface area (Å²) >= 11 is 0. The van der Waals surface area contributed by atoms with Gasteiger partial charge >= 0.3 is 0 Å². The fourth-order valence-electron chi connectivity index (χ4n) is 3.13. The molecule has 0 saturated heterocycles. The van der Waals surface area contributed by atoms with Gasteiger partial charge in [-0.1, -0.05) is 36.4 Å². The molecule has 0 aliphatic heterocycles. The third-order valence-electron chi connectivity index (χ3n) is 4.76. The van der Waals surface area contributed by atoms with Gasteiger partial charge in [0.1, 0.15) is 49.0 Å². The minimum absolute atomic E-state index is 0.0515. The molecule has 0 bridgehead atoms. The van der Waals surface area contributed by atoms with Gasteiger partial charge in [0.2, 0.25) is 0 Å². The lowest BCUT2D eigenvalue weighted by Crippen LogP contribution is -1.98. The second-order valence-electron chi connectivity index (χ2n) is 7.14. The summed E-state index contributed by atoms with van der Waals surface area (Å²) in [4.78, 5) is 0. The Morgan fingerprint density at radius 2 is 1.00 bits per heavy atom. The zero-order chi connectivity index (χ0) is 24.5. The van der Waals surface area contributed by atoms with Crippen LogP contribution in [-0.4, -0.2) is 13.3 Å².